The zero-order valence-electron chi connectivity index (χ0n) is 8.42. The fourth-order valence-electron chi connectivity index (χ4n) is 1.54. The van der Waals surface area contributed by atoms with Gasteiger partial charge in [0.2, 0.25) is 0 Å². The number of benzene rings is 1. The van der Waals surface area contributed by atoms with Gasteiger partial charge in [-0.3, -0.25) is 0 Å². The van der Waals surface area contributed by atoms with E-state index in [4.69, 9.17) is 16.3 Å². The van der Waals surface area contributed by atoms with Crippen molar-refractivity contribution in [3.63, 3.8) is 0 Å². The Morgan fingerprint density at radius 2 is 2.25 bits per heavy atom. The number of cyclic esters (lactones) is 1. The van der Waals surface area contributed by atoms with Crippen molar-refractivity contribution in [2.75, 3.05) is 6.61 Å². The molecule has 1 amide bonds. The molecule has 3 nitrogen and oxygen atoms in total. The monoisotopic (exact) mass is 265 g/mol. The molecule has 1 atom stereocenters. The molecule has 1 fully saturated rings. The number of hydrogen-bond donors (Lipinski definition) is 1. The number of nitrogens with one attached hydrogen (secondary N) is 1. The lowest BCUT2D eigenvalue weighted by molar-refractivity contribution is 0.177. The van der Waals surface area contributed by atoms with Crippen molar-refractivity contribution in [2.24, 2.45) is 0 Å². The third-order valence-corrected chi connectivity index (χ3v) is 2.67. The van der Waals surface area contributed by atoms with Crippen molar-refractivity contribution in [2.45, 2.75) is 13.0 Å². The molecule has 0 spiro atoms. The van der Waals surface area contributed by atoms with Gasteiger partial charge < -0.3 is 10.1 Å². The first-order valence-electron chi connectivity index (χ1n) is 4.47. The molecular formula is C10H10Cl2FNO2. The number of ether oxygens (including phenoxy) is 1. The van der Waals surface area contributed by atoms with Gasteiger partial charge in [-0.2, -0.15) is 0 Å². The first kappa shape index (κ1) is 13.1. The standard InChI is InChI=1S/C10H9ClFNO2.ClH/c1-5-2-3-6(11)8(9(5)12)7-4-15-10(14)13-7;/h2-3,7H,4H2,1H3,(H,13,14);1H/t7-;/m0./s1. The van der Waals surface area contributed by atoms with E-state index < -0.39 is 18.0 Å². The average molecular weight is 266 g/mol. The normalized spacial score (nSPS) is 18.7. The molecule has 2 rings (SSSR count). The number of carbonyl (C=O) groups excluding carboxylic acids is 1. The van der Waals surface area contributed by atoms with Crippen molar-refractivity contribution in [1.82, 2.24) is 5.32 Å². The van der Waals surface area contributed by atoms with Crippen LogP contribution in [0.5, 0.6) is 0 Å². The summed E-state index contributed by atoms with van der Waals surface area (Å²) in [5.74, 6) is -0.390. The van der Waals surface area contributed by atoms with Crippen LogP contribution in [0.4, 0.5) is 9.18 Å². The van der Waals surface area contributed by atoms with Crippen LogP contribution in [-0.4, -0.2) is 12.7 Å². The summed E-state index contributed by atoms with van der Waals surface area (Å²) in [6, 6.07) is 2.71. The van der Waals surface area contributed by atoms with Crippen molar-refractivity contribution in [3.05, 3.63) is 34.1 Å². The second kappa shape index (κ2) is 4.89. The van der Waals surface area contributed by atoms with Crippen LogP contribution in [-0.2, 0) is 4.74 Å². The van der Waals surface area contributed by atoms with E-state index in [1.165, 1.54) is 0 Å². The maximum absolute atomic E-state index is 13.8. The lowest BCUT2D eigenvalue weighted by Crippen LogP contribution is -2.20. The Morgan fingerprint density at radius 1 is 1.56 bits per heavy atom. The molecule has 0 bridgehead atoms. The molecule has 16 heavy (non-hydrogen) atoms. The Hall–Kier alpha value is -1.00. The first-order chi connectivity index (χ1) is 7.09. The van der Waals surface area contributed by atoms with Crippen LogP contribution in [0.1, 0.15) is 17.2 Å². The fraction of sp³-hybridized carbons (Fsp3) is 0.300. The molecule has 0 aromatic heterocycles. The highest BCUT2D eigenvalue weighted by Gasteiger charge is 2.28. The minimum Gasteiger partial charge on any atom is -0.447 e. The van der Waals surface area contributed by atoms with E-state index in [1.54, 1.807) is 19.1 Å². The van der Waals surface area contributed by atoms with E-state index in [1.807, 2.05) is 0 Å². The molecule has 1 aromatic carbocycles. The summed E-state index contributed by atoms with van der Waals surface area (Å²) in [5.41, 5.74) is 0.790. The van der Waals surface area contributed by atoms with Gasteiger partial charge in [0.25, 0.3) is 0 Å². The first-order valence-corrected chi connectivity index (χ1v) is 4.85. The summed E-state index contributed by atoms with van der Waals surface area (Å²) < 4.78 is 18.4. The highest BCUT2D eigenvalue weighted by molar-refractivity contribution is 6.31. The Kier molecular flexibility index (Phi) is 3.99. The predicted molar refractivity (Wildman–Crippen MR) is 60.6 cm³/mol. The van der Waals surface area contributed by atoms with Crippen LogP contribution in [0.2, 0.25) is 5.02 Å². The molecule has 0 radical (unpaired) electrons. The maximum atomic E-state index is 13.8. The van der Waals surface area contributed by atoms with Gasteiger partial charge in [-0.05, 0) is 18.6 Å². The molecule has 6 heteroatoms. The third kappa shape index (κ3) is 2.23. The summed E-state index contributed by atoms with van der Waals surface area (Å²) in [5, 5.41) is 2.79. The highest BCUT2D eigenvalue weighted by Crippen LogP contribution is 2.29. The minimum absolute atomic E-state index is 0. The molecule has 1 aliphatic rings. The Balaban J connectivity index is 0.00000128. The Labute approximate surface area is 103 Å². The smallest absolute Gasteiger partial charge is 0.407 e. The van der Waals surface area contributed by atoms with Gasteiger partial charge in [-0.1, -0.05) is 17.7 Å². The Bertz CT molecular complexity index is 426. The molecule has 0 saturated carbocycles. The molecule has 1 heterocycles. The second-order valence-corrected chi connectivity index (χ2v) is 3.79. The largest absolute Gasteiger partial charge is 0.447 e. The van der Waals surface area contributed by atoms with E-state index in [0.29, 0.717) is 16.1 Å². The van der Waals surface area contributed by atoms with Gasteiger partial charge in [0.15, 0.2) is 0 Å². The summed E-state index contributed by atoms with van der Waals surface area (Å²) >= 11 is 5.88. The number of hydrogen-bond acceptors (Lipinski definition) is 2. The van der Waals surface area contributed by atoms with E-state index >= 15 is 0 Å². The number of alkyl carbamates (subject to hydrolysis) is 1. The molecule has 1 saturated heterocycles. The number of amides is 1. The predicted octanol–water partition coefficient (Wildman–Crippen LogP) is 2.99. The summed E-state index contributed by atoms with van der Waals surface area (Å²) in [7, 11) is 0. The highest BCUT2D eigenvalue weighted by atomic mass is 35.5. The van der Waals surface area contributed by atoms with E-state index in [9.17, 15) is 9.18 Å². The van der Waals surface area contributed by atoms with Gasteiger partial charge in [0, 0.05) is 10.6 Å². The van der Waals surface area contributed by atoms with Gasteiger partial charge in [0.05, 0.1) is 6.04 Å². The lowest BCUT2D eigenvalue weighted by Gasteiger charge is -2.12. The van der Waals surface area contributed by atoms with Crippen LogP contribution in [0.25, 0.3) is 0 Å². The van der Waals surface area contributed by atoms with Crippen LogP contribution in [0.3, 0.4) is 0 Å². The SMILES string of the molecule is Cc1ccc(Cl)c([C@@H]2COC(=O)N2)c1F.Cl. The lowest BCUT2D eigenvalue weighted by atomic mass is 10.0. The van der Waals surface area contributed by atoms with Crippen LogP contribution >= 0.6 is 24.0 Å². The molecule has 1 N–H and O–H groups in total. The maximum Gasteiger partial charge on any atom is 0.407 e. The van der Waals surface area contributed by atoms with Crippen LogP contribution < -0.4 is 5.32 Å². The van der Waals surface area contributed by atoms with Gasteiger partial charge in [0.1, 0.15) is 12.4 Å². The Morgan fingerprint density at radius 3 is 2.81 bits per heavy atom. The number of carbonyl (C=O) groups is 1. The van der Waals surface area contributed by atoms with Gasteiger partial charge in [-0.15, -0.1) is 12.4 Å². The second-order valence-electron chi connectivity index (χ2n) is 3.39. The average Bonchev–Trinajstić information content (AvgIpc) is 2.59. The molecule has 0 unspecified atom stereocenters. The molecule has 1 aromatic rings. The summed E-state index contributed by atoms with van der Waals surface area (Å²) in [6.45, 7) is 1.76. The summed E-state index contributed by atoms with van der Waals surface area (Å²) in [4.78, 5) is 10.8. The molecule has 0 aliphatic carbocycles. The quantitative estimate of drug-likeness (QED) is 0.848. The minimum atomic E-state index is -0.544. The summed E-state index contributed by atoms with van der Waals surface area (Å²) in [6.07, 6.45) is -0.544. The number of rotatable bonds is 1. The molecule has 1 aliphatic heterocycles. The van der Waals surface area contributed by atoms with Crippen LogP contribution in [0.15, 0.2) is 12.1 Å². The van der Waals surface area contributed by atoms with Crippen LogP contribution in [0, 0.1) is 12.7 Å². The van der Waals surface area contributed by atoms with E-state index in [-0.39, 0.29) is 19.0 Å². The van der Waals surface area contributed by atoms with Gasteiger partial charge >= 0.3 is 6.09 Å². The van der Waals surface area contributed by atoms with Gasteiger partial charge in [-0.25, -0.2) is 9.18 Å². The number of halogens is 3. The fourth-order valence-corrected chi connectivity index (χ4v) is 1.82. The molecule has 88 valence electrons. The van der Waals surface area contributed by atoms with E-state index in [2.05, 4.69) is 5.32 Å². The zero-order chi connectivity index (χ0) is 11.0. The third-order valence-electron chi connectivity index (χ3n) is 2.34. The number of aryl methyl sites for hydroxylation is 1. The zero-order valence-corrected chi connectivity index (χ0v) is 9.99. The van der Waals surface area contributed by atoms with Crippen molar-refractivity contribution < 1.29 is 13.9 Å². The van der Waals surface area contributed by atoms with Crippen molar-refractivity contribution >= 4 is 30.1 Å². The topological polar surface area (TPSA) is 38.3 Å². The van der Waals surface area contributed by atoms with Crippen molar-refractivity contribution in [1.29, 1.82) is 0 Å². The van der Waals surface area contributed by atoms with E-state index in [0.717, 1.165) is 0 Å². The molecular weight excluding hydrogens is 256 g/mol. The van der Waals surface area contributed by atoms with Crippen molar-refractivity contribution in [3.8, 4) is 0 Å².